The van der Waals surface area contributed by atoms with E-state index in [2.05, 4.69) is 34.3 Å². The monoisotopic (exact) mass is 277 g/mol. The number of benzene rings is 1. The molecule has 0 saturated carbocycles. The van der Waals surface area contributed by atoms with E-state index in [9.17, 15) is 0 Å². The average Bonchev–Trinajstić information content (AvgIpc) is 2.92. The third kappa shape index (κ3) is 4.37. The highest BCUT2D eigenvalue weighted by molar-refractivity contribution is 6.30. The van der Waals surface area contributed by atoms with Crippen molar-refractivity contribution >= 4 is 11.6 Å². The number of aromatic nitrogens is 2. The highest BCUT2D eigenvalue weighted by atomic mass is 35.5. The minimum Gasteiger partial charge on any atom is -0.348 e. The SMILES string of the molecule is CCCC(NCCc1cnc[nH]1)c1ccc(Cl)cc1. The fourth-order valence-corrected chi connectivity index (χ4v) is 2.30. The summed E-state index contributed by atoms with van der Waals surface area (Å²) < 4.78 is 0. The molecule has 1 aromatic carbocycles. The molecular weight excluding hydrogens is 258 g/mol. The van der Waals surface area contributed by atoms with Crippen molar-refractivity contribution in [1.82, 2.24) is 15.3 Å². The van der Waals surface area contributed by atoms with E-state index >= 15 is 0 Å². The zero-order valence-electron chi connectivity index (χ0n) is 11.2. The van der Waals surface area contributed by atoms with Crippen molar-refractivity contribution in [1.29, 1.82) is 0 Å². The first-order valence-corrected chi connectivity index (χ1v) is 7.13. The summed E-state index contributed by atoms with van der Waals surface area (Å²) in [6.45, 7) is 3.15. The number of aromatic amines is 1. The van der Waals surface area contributed by atoms with E-state index in [4.69, 9.17) is 11.6 Å². The highest BCUT2D eigenvalue weighted by Crippen LogP contribution is 2.20. The summed E-state index contributed by atoms with van der Waals surface area (Å²) in [7, 11) is 0. The van der Waals surface area contributed by atoms with Gasteiger partial charge in [-0.2, -0.15) is 0 Å². The number of H-pyrrole nitrogens is 1. The van der Waals surface area contributed by atoms with Crippen molar-refractivity contribution in [2.75, 3.05) is 6.54 Å². The molecule has 19 heavy (non-hydrogen) atoms. The molecule has 2 aromatic rings. The average molecular weight is 278 g/mol. The van der Waals surface area contributed by atoms with Crippen LogP contribution in [0.1, 0.15) is 37.1 Å². The van der Waals surface area contributed by atoms with Crippen molar-refractivity contribution in [3.63, 3.8) is 0 Å². The first-order chi connectivity index (χ1) is 9.29. The molecular formula is C15H20ClN3. The fraction of sp³-hybridized carbons (Fsp3) is 0.400. The van der Waals surface area contributed by atoms with Gasteiger partial charge in [0.15, 0.2) is 0 Å². The number of imidazole rings is 1. The molecule has 0 spiro atoms. The summed E-state index contributed by atoms with van der Waals surface area (Å²) in [6, 6.07) is 8.51. The summed E-state index contributed by atoms with van der Waals surface area (Å²) in [5, 5.41) is 4.39. The van der Waals surface area contributed by atoms with Crippen LogP contribution in [-0.4, -0.2) is 16.5 Å². The second-order valence-electron chi connectivity index (χ2n) is 4.67. The zero-order chi connectivity index (χ0) is 13.5. The van der Waals surface area contributed by atoms with Crippen LogP contribution in [0.3, 0.4) is 0 Å². The van der Waals surface area contributed by atoms with Crippen molar-refractivity contribution in [2.24, 2.45) is 0 Å². The zero-order valence-corrected chi connectivity index (χ0v) is 12.0. The van der Waals surface area contributed by atoms with Crippen LogP contribution < -0.4 is 5.32 Å². The number of nitrogens with one attached hydrogen (secondary N) is 2. The van der Waals surface area contributed by atoms with Crippen molar-refractivity contribution in [3.05, 3.63) is 53.1 Å². The Morgan fingerprint density at radius 2 is 2.11 bits per heavy atom. The standard InChI is InChI=1S/C15H20ClN3/c1-2-3-15(12-4-6-13(16)7-5-12)18-9-8-14-10-17-11-19-14/h4-7,10-11,15,18H,2-3,8-9H2,1H3,(H,17,19). The Bertz CT molecular complexity index is 465. The Kier molecular flexibility index (Phi) is 5.43. The van der Waals surface area contributed by atoms with E-state index in [1.807, 2.05) is 18.3 Å². The van der Waals surface area contributed by atoms with Gasteiger partial charge in [-0.3, -0.25) is 0 Å². The number of halogens is 1. The molecule has 4 heteroatoms. The number of hydrogen-bond donors (Lipinski definition) is 2. The van der Waals surface area contributed by atoms with Crippen LogP contribution in [0.4, 0.5) is 0 Å². The molecule has 2 rings (SSSR count). The lowest BCUT2D eigenvalue weighted by Gasteiger charge is -2.18. The third-order valence-electron chi connectivity index (χ3n) is 3.19. The molecule has 2 N–H and O–H groups in total. The molecule has 1 atom stereocenters. The van der Waals surface area contributed by atoms with Gasteiger partial charge in [-0.05, 0) is 24.1 Å². The van der Waals surface area contributed by atoms with E-state index < -0.39 is 0 Å². The molecule has 0 radical (unpaired) electrons. The van der Waals surface area contributed by atoms with Crippen LogP contribution in [-0.2, 0) is 6.42 Å². The Balaban J connectivity index is 1.90. The summed E-state index contributed by atoms with van der Waals surface area (Å²) in [5.41, 5.74) is 2.47. The van der Waals surface area contributed by atoms with Crippen LogP contribution in [0.2, 0.25) is 5.02 Å². The van der Waals surface area contributed by atoms with Gasteiger partial charge in [0.25, 0.3) is 0 Å². The van der Waals surface area contributed by atoms with E-state index in [1.54, 1.807) is 6.33 Å². The van der Waals surface area contributed by atoms with Crippen LogP contribution >= 0.6 is 11.6 Å². The lowest BCUT2D eigenvalue weighted by Crippen LogP contribution is -2.23. The largest absolute Gasteiger partial charge is 0.348 e. The van der Waals surface area contributed by atoms with Gasteiger partial charge in [-0.25, -0.2) is 4.98 Å². The summed E-state index contributed by atoms with van der Waals surface area (Å²) in [4.78, 5) is 7.15. The van der Waals surface area contributed by atoms with Crippen LogP contribution in [0, 0.1) is 0 Å². The van der Waals surface area contributed by atoms with Gasteiger partial charge in [0.2, 0.25) is 0 Å². The molecule has 102 valence electrons. The van der Waals surface area contributed by atoms with E-state index in [1.165, 1.54) is 11.3 Å². The first kappa shape index (κ1) is 14.1. The van der Waals surface area contributed by atoms with Gasteiger partial charge in [0.1, 0.15) is 0 Å². The first-order valence-electron chi connectivity index (χ1n) is 6.75. The summed E-state index contributed by atoms with van der Waals surface area (Å²) in [6.07, 6.45) is 6.85. The van der Waals surface area contributed by atoms with Gasteiger partial charge in [0.05, 0.1) is 6.33 Å². The van der Waals surface area contributed by atoms with E-state index in [-0.39, 0.29) is 0 Å². The van der Waals surface area contributed by atoms with Gasteiger partial charge in [0, 0.05) is 35.9 Å². The Labute approximate surface area is 119 Å². The third-order valence-corrected chi connectivity index (χ3v) is 3.44. The minimum absolute atomic E-state index is 0.394. The Morgan fingerprint density at radius 3 is 2.74 bits per heavy atom. The normalized spacial score (nSPS) is 12.5. The van der Waals surface area contributed by atoms with Gasteiger partial charge in [-0.15, -0.1) is 0 Å². The van der Waals surface area contributed by atoms with Crippen LogP contribution in [0.15, 0.2) is 36.8 Å². The Hall–Kier alpha value is -1.32. The molecule has 0 aliphatic heterocycles. The topological polar surface area (TPSA) is 40.7 Å². The van der Waals surface area contributed by atoms with Crippen LogP contribution in [0.5, 0.6) is 0 Å². The quantitative estimate of drug-likeness (QED) is 0.809. The minimum atomic E-state index is 0.394. The predicted octanol–water partition coefficient (Wildman–Crippen LogP) is 3.74. The molecule has 0 aliphatic rings. The van der Waals surface area contributed by atoms with Crippen LogP contribution in [0.25, 0.3) is 0 Å². The van der Waals surface area contributed by atoms with Crippen molar-refractivity contribution in [3.8, 4) is 0 Å². The lowest BCUT2D eigenvalue weighted by molar-refractivity contribution is 0.496. The summed E-state index contributed by atoms with van der Waals surface area (Å²) in [5.74, 6) is 0. The molecule has 1 unspecified atom stereocenters. The maximum atomic E-state index is 5.93. The predicted molar refractivity (Wildman–Crippen MR) is 79.4 cm³/mol. The maximum absolute atomic E-state index is 5.93. The number of hydrogen-bond acceptors (Lipinski definition) is 2. The molecule has 0 bridgehead atoms. The number of rotatable bonds is 7. The van der Waals surface area contributed by atoms with Gasteiger partial charge >= 0.3 is 0 Å². The maximum Gasteiger partial charge on any atom is 0.0921 e. The Morgan fingerprint density at radius 1 is 1.32 bits per heavy atom. The molecule has 0 fully saturated rings. The lowest BCUT2D eigenvalue weighted by atomic mass is 10.0. The number of nitrogens with zero attached hydrogens (tertiary/aromatic N) is 1. The van der Waals surface area contributed by atoms with Crippen molar-refractivity contribution in [2.45, 2.75) is 32.2 Å². The summed E-state index contributed by atoms with van der Waals surface area (Å²) >= 11 is 5.93. The molecule has 0 amide bonds. The molecule has 1 aromatic heterocycles. The molecule has 0 saturated heterocycles. The molecule has 3 nitrogen and oxygen atoms in total. The fourth-order valence-electron chi connectivity index (χ4n) is 2.17. The van der Waals surface area contributed by atoms with Gasteiger partial charge < -0.3 is 10.3 Å². The molecule has 1 heterocycles. The second kappa shape index (κ2) is 7.31. The molecule has 0 aliphatic carbocycles. The van der Waals surface area contributed by atoms with Gasteiger partial charge in [-0.1, -0.05) is 37.1 Å². The smallest absolute Gasteiger partial charge is 0.0921 e. The highest BCUT2D eigenvalue weighted by Gasteiger charge is 2.09. The van der Waals surface area contributed by atoms with Crippen molar-refractivity contribution < 1.29 is 0 Å². The van der Waals surface area contributed by atoms with E-state index in [0.717, 1.165) is 30.8 Å². The van der Waals surface area contributed by atoms with E-state index in [0.29, 0.717) is 6.04 Å². The second-order valence-corrected chi connectivity index (χ2v) is 5.11.